The highest BCUT2D eigenvalue weighted by atomic mass is 35.5. The van der Waals surface area contributed by atoms with Gasteiger partial charge in [0.1, 0.15) is 5.15 Å². The van der Waals surface area contributed by atoms with Crippen LogP contribution in [0.5, 0.6) is 0 Å². The SMILES string of the molecule is CCN1CCC(c2nc3cccc(Cl)n3n2)CC1. The van der Waals surface area contributed by atoms with Crippen LogP contribution in [0.4, 0.5) is 0 Å². The largest absolute Gasteiger partial charge is 0.304 e. The fraction of sp³-hybridized carbons (Fsp3) is 0.538. The molecule has 0 aliphatic carbocycles. The van der Waals surface area contributed by atoms with Crippen LogP contribution in [-0.4, -0.2) is 39.1 Å². The number of aromatic nitrogens is 3. The van der Waals surface area contributed by atoms with Gasteiger partial charge >= 0.3 is 0 Å². The van der Waals surface area contributed by atoms with Crippen molar-refractivity contribution in [3.8, 4) is 0 Å². The maximum atomic E-state index is 6.11. The summed E-state index contributed by atoms with van der Waals surface area (Å²) in [5.41, 5.74) is 0.843. The lowest BCUT2D eigenvalue weighted by Gasteiger charge is -2.29. The zero-order valence-corrected chi connectivity index (χ0v) is 11.3. The average Bonchev–Trinajstić information content (AvgIpc) is 2.84. The zero-order chi connectivity index (χ0) is 12.5. The van der Waals surface area contributed by atoms with E-state index in [2.05, 4.69) is 21.9 Å². The third kappa shape index (κ3) is 2.10. The van der Waals surface area contributed by atoms with Gasteiger partial charge in [-0.25, -0.2) is 9.50 Å². The fourth-order valence-corrected chi connectivity index (χ4v) is 2.77. The number of nitrogens with zero attached hydrogens (tertiary/aromatic N) is 4. The van der Waals surface area contributed by atoms with Crippen LogP contribution in [0.25, 0.3) is 5.65 Å². The number of piperidine rings is 1. The number of likely N-dealkylation sites (tertiary alicyclic amines) is 1. The summed E-state index contributed by atoms with van der Waals surface area (Å²) in [6, 6.07) is 5.70. The standard InChI is InChI=1S/C13H17ClN4/c1-2-17-8-6-10(7-9-17)13-15-12-5-3-4-11(14)18(12)16-13/h3-5,10H,2,6-9H2,1H3. The van der Waals surface area contributed by atoms with Gasteiger partial charge < -0.3 is 4.90 Å². The van der Waals surface area contributed by atoms with Crippen LogP contribution in [0.1, 0.15) is 31.5 Å². The molecule has 0 amide bonds. The molecule has 0 spiro atoms. The lowest BCUT2D eigenvalue weighted by molar-refractivity contribution is 0.219. The lowest BCUT2D eigenvalue weighted by atomic mass is 9.96. The van der Waals surface area contributed by atoms with Gasteiger partial charge in [0, 0.05) is 5.92 Å². The Kier molecular flexibility index (Phi) is 3.22. The van der Waals surface area contributed by atoms with Gasteiger partial charge in [-0.05, 0) is 44.6 Å². The molecule has 1 saturated heterocycles. The Morgan fingerprint density at radius 1 is 1.33 bits per heavy atom. The summed E-state index contributed by atoms with van der Waals surface area (Å²) < 4.78 is 1.73. The van der Waals surface area contributed by atoms with Crippen LogP contribution in [0, 0.1) is 0 Å². The molecule has 5 heteroatoms. The Bertz CT molecular complexity index is 543. The molecule has 0 unspecified atom stereocenters. The van der Waals surface area contributed by atoms with E-state index in [9.17, 15) is 0 Å². The summed E-state index contributed by atoms with van der Waals surface area (Å²) in [6.07, 6.45) is 2.28. The Hall–Kier alpha value is -1.13. The maximum Gasteiger partial charge on any atom is 0.157 e. The molecular weight excluding hydrogens is 248 g/mol. The van der Waals surface area contributed by atoms with E-state index < -0.39 is 0 Å². The molecule has 4 nitrogen and oxygen atoms in total. The van der Waals surface area contributed by atoms with Crippen molar-refractivity contribution in [2.45, 2.75) is 25.7 Å². The molecule has 3 rings (SSSR count). The number of halogens is 1. The first-order chi connectivity index (χ1) is 8.78. The topological polar surface area (TPSA) is 33.4 Å². The highest BCUT2D eigenvalue weighted by Crippen LogP contribution is 2.26. The highest BCUT2D eigenvalue weighted by Gasteiger charge is 2.23. The van der Waals surface area contributed by atoms with Crippen LogP contribution >= 0.6 is 11.6 Å². The molecule has 18 heavy (non-hydrogen) atoms. The van der Waals surface area contributed by atoms with Gasteiger partial charge in [0.15, 0.2) is 11.5 Å². The van der Waals surface area contributed by atoms with E-state index >= 15 is 0 Å². The van der Waals surface area contributed by atoms with Crippen LogP contribution < -0.4 is 0 Å². The minimum absolute atomic E-state index is 0.476. The monoisotopic (exact) mass is 264 g/mol. The van der Waals surface area contributed by atoms with E-state index in [1.54, 1.807) is 4.52 Å². The van der Waals surface area contributed by atoms with Crippen LogP contribution in [-0.2, 0) is 0 Å². The maximum absolute atomic E-state index is 6.11. The second-order valence-corrected chi connectivity index (χ2v) is 5.18. The van der Waals surface area contributed by atoms with Crippen molar-refractivity contribution in [3.63, 3.8) is 0 Å². The molecule has 1 aliphatic rings. The Balaban J connectivity index is 1.85. The number of rotatable bonds is 2. The summed E-state index contributed by atoms with van der Waals surface area (Å²) in [6.45, 7) is 5.63. The predicted molar refractivity (Wildman–Crippen MR) is 72.1 cm³/mol. The summed E-state index contributed by atoms with van der Waals surface area (Å²) in [4.78, 5) is 7.07. The Labute approximate surface area is 112 Å². The second-order valence-electron chi connectivity index (χ2n) is 4.80. The molecular formula is C13H17ClN4. The number of hydrogen-bond donors (Lipinski definition) is 0. The zero-order valence-electron chi connectivity index (χ0n) is 10.5. The molecule has 0 N–H and O–H groups in total. The second kappa shape index (κ2) is 4.86. The molecule has 0 saturated carbocycles. The summed E-state index contributed by atoms with van der Waals surface area (Å²) in [7, 11) is 0. The summed E-state index contributed by atoms with van der Waals surface area (Å²) in [5.74, 6) is 1.42. The van der Waals surface area contributed by atoms with Gasteiger partial charge in [-0.3, -0.25) is 0 Å². The molecule has 96 valence electrons. The van der Waals surface area contributed by atoms with Gasteiger partial charge in [0.2, 0.25) is 0 Å². The quantitative estimate of drug-likeness (QED) is 0.782. The molecule has 1 aliphatic heterocycles. The first kappa shape index (κ1) is 11.9. The van der Waals surface area contributed by atoms with Crippen molar-refractivity contribution in [3.05, 3.63) is 29.2 Å². The first-order valence-corrected chi connectivity index (χ1v) is 6.89. The third-order valence-electron chi connectivity index (χ3n) is 3.73. The lowest BCUT2D eigenvalue weighted by Crippen LogP contribution is -2.32. The average molecular weight is 265 g/mol. The molecule has 2 aromatic heterocycles. The van der Waals surface area contributed by atoms with Gasteiger partial charge in [-0.2, -0.15) is 0 Å². The molecule has 0 radical (unpaired) electrons. The van der Waals surface area contributed by atoms with Gasteiger partial charge in [0.25, 0.3) is 0 Å². The van der Waals surface area contributed by atoms with Crippen molar-refractivity contribution >= 4 is 17.2 Å². The van der Waals surface area contributed by atoms with E-state index in [1.807, 2.05) is 18.2 Å². The van der Waals surface area contributed by atoms with Crippen molar-refractivity contribution in [2.24, 2.45) is 0 Å². The molecule has 0 atom stereocenters. The summed E-state index contributed by atoms with van der Waals surface area (Å²) in [5, 5.41) is 5.16. The first-order valence-electron chi connectivity index (χ1n) is 6.51. The number of pyridine rings is 1. The predicted octanol–water partition coefficient (Wildman–Crippen LogP) is 2.58. The molecule has 1 fully saturated rings. The van der Waals surface area contributed by atoms with Crippen molar-refractivity contribution < 1.29 is 0 Å². The van der Waals surface area contributed by atoms with E-state index in [-0.39, 0.29) is 0 Å². The van der Waals surface area contributed by atoms with E-state index in [0.717, 1.165) is 43.9 Å². The van der Waals surface area contributed by atoms with Gasteiger partial charge in [-0.15, -0.1) is 5.10 Å². The normalized spacial score (nSPS) is 18.6. The minimum atomic E-state index is 0.476. The Morgan fingerprint density at radius 2 is 2.11 bits per heavy atom. The van der Waals surface area contributed by atoms with Crippen LogP contribution in [0.3, 0.4) is 0 Å². The molecule has 0 bridgehead atoms. The van der Waals surface area contributed by atoms with Gasteiger partial charge in [0.05, 0.1) is 0 Å². The third-order valence-corrected chi connectivity index (χ3v) is 4.02. The van der Waals surface area contributed by atoms with E-state index in [4.69, 9.17) is 11.6 Å². The van der Waals surface area contributed by atoms with Gasteiger partial charge in [-0.1, -0.05) is 24.6 Å². The van der Waals surface area contributed by atoms with Crippen molar-refractivity contribution in [2.75, 3.05) is 19.6 Å². The van der Waals surface area contributed by atoms with E-state index in [1.165, 1.54) is 0 Å². The smallest absolute Gasteiger partial charge is 0.157 e. The fourth-order valence-electron chi connectivity index (χ4n) is 2.57. The van der Waals surface area contributed by atoms with Crippen LogP contribution in [0.15, 0.2) is 18.2 Å². The van der Waals surface area contributed by atoms with E-state index in [0.29, 0.717) is 11.1 Å². The summed E-state index contributed by atoms with van der Waals surface area (Å²) >= 11 is 6.11. The number of hydrogen-bond acceptors (Lipinski definition) is 3. The van der Waals surface area contributed by atoms with Crippen LogP contribution in [0.2, 0.25) is 5.15 Å². The molecule has 0 aromatic carbocycles. The van der Waals surface area contributed by atoms with Crippen molar-refractivity contribution in [1.29, 1.82) is 0 Å². The Morgan fingerprint density at radius 3 is 2.78 bits per heavy atom. The number of fused-ring (bicyclic) bond motifs is 1. The van der Waals surface area contributed by atoms with Crippen molar-refractivity contribution in [1.82, 2.24) is 19.5 Å². The minimum Gasteiger partial charge on any atom is -0.304 e. The molecule has 2 aromatic rings. The highest BCUT2D eigenvalue weighted by molar-refractivity contribution is 6.29. The molecule has 3 heterocycles.